The summed E-state index contributed by atoms with van der Waals surface area (Å²) in [6.07, 6.45) is 4.84. The van der Waals surface area contributed by atoms with Gasteiger partial charge in [0, 0.05) is 38.4 Å². The van der Waals surface area contributed by atoms with E-state index in [0.29, 0.717) is 5.69 Å². The number of piperidine rings is 1. The van der Waals surface area contributed by atoms with Crippen molar-refractivity contribution in [2.75, 3.05) is 46.5 Å². The summed E-state index contributed by atoms with van der Waals surface area (Å²) >= 11 is 0. The number of methoxy groups -OCH3 is 1. The van der Waals surface area contributed by atoms with E-state index in [1.165, 1.54) is 13.5 Å². The lowest BCUT2D eigenvalue weighted by Crippen LogP contribution is -2.51. The molecule has 23 heavy (non-hydrogen) atoms. The van der Waals surface area contributed by atoms with Gasteiger partial charge in [0.15, 0.2) is 0 Å². The first-order valence-corrected chi connectivity index (χ1v) is 8.26. The number of carbonyl (C=O) groups is 1. The van der Waals surface area contributed by atoms with Crippen LogP contribution < -0.4 is 4.74 Å². The van der Waals surface area contributed by atoms with Crippen molar-refractivity contribution in [3.05, 3.63) is 18.0 Å². The topological polar surface area (TPSA) is 67.8 Å². The standard InChI is InChI=1S/C16H24N4O3/c1-22-16-17-6-5-14(18-16)15(21)20-7-3-2-4-13(20)12-19-8-10-23-11-9-19/h5-6,13H,2-4,7-12H2,1H3. The van der Waals surface area contributed by atoms with Crippen molar-refractivity contribution in [1.29, 1.82) is 0 Å². The Morgan fingerprint density at radius 2 is 2.17 bits per heavy atom. The van der Waals surface area contributed by atoms with Gasteiger partial charge in [0.05, 0.1) is 20.3 Å². The first kappa shape index (κ1) is 16.1. The van der Waals surface area contributed by atoms with E-state index >= 15 is 0 Å². The zero-order valence-electron chi connectivity index (χ0n) is 13.6. The zero-order valence-corrected chi connectivity index (χ0v) is 13.6. The van der Waals surface area contributed by atoms with Crippen LogP contribution in [0.4, 0.5) is 0 Å². The Balaban J connectivity index is 1.70. The van der Waals surface area contributed by atoms with E-state index in [2.05, 4.69) is 14.9 Å². The number of aromatic nitrogens is 2. The minimum atomic E-state index is -0.0244. The van der Waals surface area contributed by atoms with E-state index in [9.17, 15) is 4.79 Å². The summed E-state index contributed by atoms with van der Waals surface area (Å²) < 4.78 is 10.4. The SMILES string of the molecule is COc1nccc(C(=O)N2CCCCC2CN2CCOCC2)n1. The van der Waals surface area contributed by atoms with Crippen molar-refractivity contribution < 1.29 is 14.3 Å². The Kier molecular flexibility index (Phi) is 5.40. The summed E-state index contributed by atoms with van der Waals surface area (Å²) in [5.41, 5.74) is 0.408. The molecule has 2 aliphatic heterocycles. The van der Waals surface area contributed by atoms with Crippen molar-refractivity contribution in [1.82, 2.24) is 19.8 Å². The molecule has 0 N–H and O–H groups in total. The van der Waals surface area contributed by atoms with Gasteiger partial charge < -0.3 is 14.4 Å². The number of amides is 1. The van der Waals surface area contributed by atoms with Gasteiger partial charge in [0.1, 0.15) is 5.69 Å². The third-order valence-corrected chi connectivity index (χ3v) is 4.50. The quantitative estimate of drug-likeness (QED) is 0.818. The second-order valence-electron chi connectivity index (χ2n) is 5.99. The van der Waals surface area contributed by atoms with E-state index in [4.69, 9.17) is 9.47 Å². The Morgan fingerprint density at radius 1 is 1.35 bits per heavy atom. The second kappa shape index (κ2) is 7.70. The summed E-state index contributed by atoms with van der Waals surface area (Å²) in [6.45, 7) is 5.16. The highest BCUT2D eigenvalue weighted by Crippen LogP contribution is 2.21. The molecular formula is C16H24N4O3. The Labute approximate surface area is 136 Å². The molecule has 0 bridgehead atoms. The predicted octanol–water partition coefficient (Wildman–Crippen LogP) is 0.812. The highest BCUT2D eigenvalue weighted by Gasteiger charge is 2.30. The number of nitrogens with zero attached hydrogens (tertiary/aromatic N) is 4. The van der Waals surface area contributed by atoms with Gasteiger partial charge in [-0.2, -0.15) is 4.98 Å². The van der Waals surface area contributed by atoms with E-state index in [1.807, 2.05) is 4.90 Å². The predicted molar refractivity (Wildman–Crippen MR) is 84.5 cm³/mol. The summed E-state index contributed by atoms with van der Waals surface area (Å²) in [5, 5.41) is 0. The van der Waals surface area contributed by atoms with Crippen LogP contribution in [0.5, 0.6) is 6.01 Å². The minimum absolute atomic E-state index is 0.0244. The molecule has 7 heteroatoms. The summed E-state index contributed by atoms with van der Waals surface area (Å²) in [7, 11) is 1.51. The molecule has 2 saturated heterocycles. The number of carbonyl (C=O) groups excluding carboxylic acids is 1. The molecule has 1 atom stereocenters. The van der Waals surface area contributed by atoms with Crippen LogP contribution in [0.2, 0.25) is 0 Å². The van der Waals surface area contributed by atoms with E-state index in [-0.39, 0.29) is 18.0 Å². The molecule has 126 valence electrons. The molecule has 0 radical (unpaired) electrons. The van der Waals surface area contributed by atoms with Gasteiger partial charge in [-0.25, -0.2) is 4.98 Å². The van der Waals surface area contributed by atoms with Crippen LogP contribution in [0.25, 0.3) is 0 Å². The smallest absolute Gasteiger partial charge is 0.316 e. The average molecular weight is 320 g/mol. The van der Waals surface area contributed by atoms with Gasteiger partial charge in [-0.3, -0.25) is 9.69 Å². The van der Waals surface area contributed by atoms with Crippen molar-refractivity contribution in [3.63, 3.8) is 0 Å². The zero-order chi connectivity index (χ0) is 16.1. The molecule has 0 saturated carbocycles. The molecule has 1 aromatic rings. The minimum Gasteiger partial charge on any atom is -0.467 e. The monoisotopic (exact) mass is 320 g/mol. The van der Waals surface area contributed by atoms with E-state index in [1.54, 1.807) is 12.3 Å². The van der Waals surface area contributed by atoms with Gasteiger partial charge in [-0.1, -0.05) is 0 Å². The fraction of sp³-hybridized carbons (Fsp3) is 0.688. The lowest BCUT2D eigenvalue weighted by atomic mass is 10.0. The lowest BCUT2D eigenvalue weighted by Gasteiger charge is -2.39. The Bertz CT molecular complexity index is 534. The molecule has 1 unspecified atom stereocenters. The molecule has 3 heterocycles. The molecule has 0 aromatic carbocycles. The highest BCUT2D eigenvalue weighted by molar-refractivity contribution is 5.92. The van der Waals surface area contributed by atoms with Crippen LogP contribution >= 0.6 is 0 Å². The third-order valence-electron chi connectivity index (χ3n) is 4.50. The fourth-order valence-electron chi connectivity index (χ4n) is 3.24. The van der Waals surface area contributed by atoms with Crippen molar-refractivity contribution in [3.8, 4) is 6.01 Å². The molecule has 1 amide bonds. The number of morpholine rings is 1. The van der Waals surface area contributed by atoms with Crippen LogP contribution in [0.3, 0.4) is 0 Å². The van der Waals surface area contributed by atoms with Gasteiger partial charge in [-0.05, 0) is 25.3 Å². The Morgan fingerprint density at radius 3 is 2.96 bits per heavy atom. The lowest BCUT2D eigenvalue weighted by molar-refractivity contribution is 0.0164. The number of rotatable bonds is 4. The van der Waals surface area contributed by atoms with E-state index < -0.39 is 0 Å². The maximum atomic E-state index is 12.9. The Hall–Kier alpha value is -1.73. The van der Waals surface area contributed by atoms with Gasteiger partial charge in [-0.15, -0.1) is 0 Å². The second-order valence-corrected chi connectivity index (χ2v) is 5.99. The maximum Gasteiger partial charge on any atom is 0.316 e. The molecule has 0 aliphatic carbocycles. The fourth-order valence-corrected chi connectivity index (χ4v) is 3.24. The number of hydrogen-bond donors (Lipinski definition) is 0. The first-order valence-electron chi connectivity index (χ1n) is 8.26. The molecule has 2 fully saturated rings. The maximum absolute atomic E-state index is 12.9. The van der Waals surface area contributed by atoms with E-state index in [0.717, 1.165) is 52.2 Å². The number of ether oxygens (including phenoxy) is 2. The number of hydrogen-bond acceptors (Lipinski definition) is 6. The molecule has 2 aliphatic rings. The van der Waals surface area contributed by atoms with Crippen molar-refractivity contribution >= 4 is 5.91 Å². The van der Waals surface area contributed by atoms with Gasteiger partial charge >= 0.3 is 6.01 Å². The number of likely N-dealkylation sites (tertiary alicyclic amines) is 1. The largest absolute Gasteiger partial charge is 0.467 e. The first-order chi connectivity index (χ1) is 11.3. The van der Waals surface area contributed by atoms with Crippen LogP contribution in [0.15, 0.2) is 12.3 Å². The van der Waals surface area contributed by atoms with Gasteiger partial charge in [0.25, 0.3) is 5.91 Å². The highest BCUT2D eigenvalue weighted by atomic mass is 16.5. The average Bonchev–Trinajstić information content (AvgIpc) is 2.62. The molecule has 1 aromatic heterocycles. The summed E-state index contributed by atoms with van der Waals surface area (Å²) in [4.78, 5) is 25.4. The van der Waals surface area contributed by atoms with Gasteiger partial charge in [0.2, 0.25) is 0 Å². The van der Waals surface area contributed by atoms with Crippen molar-refractivity contribution in [2.45, 2.75) is 25.3 Å². The van der Waals surface area contributed by atoms with Crippen molar-refractivity contribution in [2.24, 2.45) is 0 Å². The van der Waals surface area contributed by atoms with Crippen LogP contribution in [0.1, 0.15) is 29.8 Å². The normalized spacial score (nSPS) is 22.8. The summed E-state index contributed by atoms with van der Waals surface area (Å²) in [6, 6.07) is 2.14. The summed E-state index contributed by atoms with van der Waals surface area (Å²) in [5.74, 6) is -0.0244. The molecule has 7 nitrogen and oxygen atoms in total. The van der Waals surface area contributed by atoms with Crippen LogP contribution in [-0.2, 0) is 4.74 Å². The molecular weight excluding hydrogens is 296 g/mol. The molecule has 0 spiro atoms. The van der Waals surface area contributed by atoms with Crippen LogP contribution in [-0.4, -0.2) is 78.2 Å². The van der Waals surface area contributed by atoms with Crippen LogP contribution in [0, 0.1) is 0 Å². The molecule has 3 rings (SSSR count). The third kappa shape index (κ3) is 3.97.